The van der Waals surface area contributed by atoms with Crippen LogP contribution in [0.4, 0.5) is 20.2 Å². The molecule has 0 saturated heterocycles. The Morgan fingerprint density at radius 3 is 2.69 bits per heavy atom. The average Bonchev–Trinajstić information content (AvgIpc) is 2.27. The van der Waals surface area contributed by atoms with E-state index in [1.165, 1.54) is 6.07 Å². The molecule has 1 heterocycles. The Morgan fingerprint density at radius 1 is 1.38 bits per heavy atom. The minimum atomic E-state index is -0.961. The van der Waals surface area contributed by atoms with Gasteiger partial charge in [-0.2, -0.15) is 0 Å². The van der Waals surface area contributed by atoms with Crippen molar-refractivity contribution in [2.45, 2.75) is 25.8 Å². The van der Waals surface area contributed by atoms with Crippen molar-refractivity contribution in [2.24, 2.45) is 0 Å². The zero-order valence-electron chi connectivity index (χ0n) is 9.03. The molecule has 0 aromatic heterocycles. The largest absolute Gasteiger partial charge is 0.367 e. The van der Waals surface area contributed by atoms with E-state index in [0.29, 0.717) is 6.42 Å². The number of carbonyl (C=O) groups is 1. The smallest absolute Gasteiger partial charge is 0.249 e. The van der Waals surface area contributed by atoms with Gasteiger partial charge in [0.05, 0.1) is 11.4 Å². The van der Waals surface area contributed by atoms with Crippen LogP contribution < -0.4 is 10.6 Å². The van der Waals surface area contributed by atoms with Crippen molar-refractivity contribution in [1.29, 1.82) is 0 Å². The van der Waals surface area contributed by atoms with E-state index in [9.17, 15) is 13.6 Å². The summed E-state index contributed by atoms with van der Waals surface area (Å²) >= 11 is 0. The number of benzene rings is 1. The first-order valence-electron chi connectivity index (χ1n) is 5.05. The van der Waals surface area contributed by atoms with Crippen LogP contribution in [0.2, 0.25) is 0 Å². The fourth-order valence-corrected chi connectivity index (χ4v) is 1.62. The lowest BCUT2D eigenvalue weighted by molar-refractivity contribution is -0.120. The predicted octanol–water partition coefficient (Wildman–Crippen LogP) is 2.50. The molecule has 0 bridgehead atoms. The second kappa shape index (κ2) is 3.43. The Balaban J connectivity index is 2.52. The Kier molecular flexibility index (Phi) is 2.33. The lowest BCUT2D eigenvalue weighted by Gasteiger charge is -2.35. The SMILES string of the molecule is CCC1(C)Nc2c(ccc(F)c2F)NC1=O. The number of halogens is 2. The van der Waals surface area contributed by atoms with Gasteiger partial charge in [0.15, 0.2) is 11.6 Å². The maximum atomic E-state index is 13.5. The van der Waals surface area contributed by atoms with E-state index in [0.717, 1.165) is 6.07 Å². The van der Waals surface area contributed by atoms with E-state index < -0.39 is 17.2 Å². The second-order valence-electron chi connectivity index (χ2n) is 4.05. The van der Waals surface area contributed by atoms with Crippen LogP contribution in [0.1, 0.15) is 20.3 Å². The highest BCUT2D eigenvalue weighted by Crippen LogP contribution is 2.35. The van der Waals surface area contributed by atoms with Gasteiger partial charge in [-0.25, -0.2) is 8.78 Å². The van der Waals surface area contributed by atoms with Crippen LogP contribution in [0.5, 0.6) is 0 Å². The van der Waals surface area contributed by atoms with Gasteiger partial charge >= 0.3 is 0 Å². The minimum Gasteiger partial charge on any atom is -0.367 e. The molecule has 86 valence electrons. The van der Waals surface area contributed by atoms with E-state index in [1.54, 1.807) is 13.8 Å². The maximum Gasteiger partial charge on any atom is 0.249 e. The number of carbonyl (C=O) groups excluding carboxylic acids is 1. The van der Waals surface area contributed by atoms with Crippen LogP contribution in [-0.4, -0.2) is 11.4 Å². The molecule has 1 aromatic carbocycles. The Morgan fingerprint density at radius 2 is 2.06 bits per heavy atom. The maximum absolute atomic E-state index is 13.5. The van der Waals surface area contributed by atoms with Crippen molar-refractivity contribution in [2.75, 3.05) is 10.6 Å². The summed E-state index contributed by atoms with van der Waals surface area (Å²) < 4.78 is 26.5. The first kappa shape index (κ1) is 10.9. The molecular weight excluding hydrogens is 214 g/mol. The molecule has 1 amide bonds. The molecule has 3 nitrogen and oxygen atoms in total. The van der Waals surface area contributed by atoms with Gasteiger partial charge in [0.1, 0.15) is 5.54 Å². The molecule has 5 heteroatoms. The number of rotatable bonds is 1. The molecule has 0 aliphatic carbocycles. The zero-order valence-corrected chi connectivity index (χ0v) is 9.03. The van der Waals surface area contributed by atoms with Crippen LogP contribution >= 0.6 is 0 Å². The molecule has 1 atom stereocenters. The van der Waals surface area contributed by atoms with E-state index in [1.807, 2.05) is 0 Å². The molecule has 1 aliphatic heterocycles. The fourth-order valence-electron chi connectivity index (χ4n) is 1.62. The first-order valence-corrected chi connectivity index (χ1v) is 5.05. The van der Waals surface area contributed by atoms with Gasteiger partial charge in [0, 0.05) is 0 Å². The van der Waals surface area contributed by atoms with Crippen LogP contribution in [-0.2, 0) is 4.79 Å². The van der Waals surface area contributed by atoms with Crippen LogP contribution in [0.25, 0.3) is 0 Å². The van der Waals surface area contributed by atoms with Crippen molar-refractivity contribution in [3.63, 3.8) is 0 Å². The van der Waals surface area contributed by atoms with Gasteiger partial charge in [-0.1, -0.05) is 6.92 Å². The molecule has 1 unspecified atom stereocenters. The van der Waals surface area contributed by atoms with Gasteiger partial charge in [0.2, 0.25) is 5.91 Å². The molecule has 0 radical (unpaired) electrons. The third-order valence-corrected chi connectivity index (χ3v) is 2.95. The highest BCUT2D eigenvalue weighted by Gasteiger charge is 2.37. The fraction of sp³-hybridized carbons (Fsp3) is 0.364. The van der Waals surface area contributed by atoms with Crippen LogP contribution in [0, 0.1) is 11.6 Å². The van der Waals surface area contributed by atoms with Crippen molar-refractivity contribution < 1.29 is 13.6 Å². The molecule has 0 spiro atoms. The number of hydrogen-bond donors (Lipinski definition) is 2. The molecule has 0 fully saturated rings. The van der Waals surface area contributed by atoms with Crippen molar-refractivity contribution in [1.82, 2.24) is 0 Å². The summed E-state index contributed by atoms with van der Waals surface area (Å²) in [6, 6.07) is 2.33. The summed E-state index contributed by atoms with van der Waals surface area (Å²) in [7, 11) is 0. The molecule has 1 aromatic rings. The quantitative estimate of drug-likeness (QED) is 0.772. The average molecular weight is 226 g/mol. The van der Waals surface area contributed by atoms with Gasteiger partial charge in [-0.05, 0) is 25.5 Å². The highest BCUT2D eigenvalue weighted by atomic mass is 19.2. The van der Waals surface area contributed by atoms with Gasteiger partial charge in [-0.3, -0.25) is 4.79 Å². The molecule has 16 heavy (non-hydrogen) atoms. The zero-order chi connectivity index (χ0) is 11.9. The Bertz CT molecular complexity index is 462. The summed E-state index contributed by atoms with van der Waals surface area (Å²) in [5, 5.41) is 5.32. The number of fused-ring (bicyclic) bond motifs is 1. The van der Waals surface area contributed by atoms with Gasteiger partial charge < -0.3 is 10.6 Å². The van der Waals surface area contributed by atoms with Crippen LogP contribution in [0.3, 0.4) is 0 Å². The summed E-state index contributed by atoms with van der Waals surface area (Å²) in [4.78, 5) is 11.7. The normalized spacial score (nSPS) is 23.4. The van der Waals surface area contributed by atoms with Crippen molar-refractivity contribution in [3.8, 4) is 0 Å². The van der Waals surface area contributed by atoms with E-state index in [-0.39, 0.29) is 17.3 Å². The lowest BCUT2D eigenvalue weighted by atomic mass is 9.94. The lowest BCUT2D eigenvalue weighted by Crippen LogP contribution is -2.49. The molecule has 2 rings (SSSR count). The number of amides is 1. The molecule has 0 saturated carbocycles. The molecular formula is C11H12F2N2O. The minimum absolute atomic E-state index is 0.0175. The standard InChI is InChI=1S/C11H12F2N2O/c1-3-11(2)10(16)14-7-5-4-6(12)8(13)9(7)15-11/h4-5,15H,3H2,1-2H3,(H,14,16). The van der Waals surface area contributed by atoms with E-state index in [4.69, 9.17) is 0 Å². The monoisotopic (exact) mass is 226 g/mol. The summed E-state index contributed by atoms with van der Waals surface area (Å²) in [6.45, 7) is 3.45. The number of hydrogen-bond acceptors (Lipinski definition) is 2. The molecule has 1 aliphatic rings. The summed E-state index contributed by atoms with van der Waals surface area (Å²) in [6.07, 6.45) is 0.480. The Labute approximate surface area is 91.8 Å². The van der Waals surface area contributed by atoms with E-state index >= 15 is 0 Å². The van der Waals surface area contributed by atoms with Gasteiger partial charge in [0.25, 0.3) is 0 Å². The first-order chi connectivity index (χ1) is 7.48. The third-order valence-electron chi connectivity index (χ3n) is 2.95. The predicted molar refractivity (Wildman–Crippen MR) is 57.3 cm³/mol. The number of anilines is 2. The van der Waals surface area contributed by atoms with Crippen LogP contribution in [0.15, 0.2) is 12.1 Å². The molecule has 2 N–H and O–H groups in total. The van der Waals surface area contributed by atoms with Crippen molar-refractivity contribution >= 4 is 17.3 Å². The number of nitrogens with one attached hydrogen (secondary N) is 2. The Hall–Kier alpha value is -1.65. The summed E-state index contributed by atoms with van der Waals surface area (Å²) in [5.41, 5.74) is -0.611. The summed E-state index contributed by atoms with van der Waals surface area (Å²) in [5.74, 6) is -2.13. The van der Waals surface area contributed by atoms with E-state index in [2.05, 4.69) is 10.6 Å². The van der Waals surface area contributed by atoms with Crippen molar-refractivity contribution in [3.05, 3.63) is 23.8 Å². The second-order valence-corrected chi connectivity index (χ2v) is 4.05. The highest BCUT2D eigenvalue weighted by molar-refractivity contribution is 6.05. The topological polar surface area (TPSA) is 41.1 Å². The van der Waals surface area contributed by atoms with Gasteiger partial charge in [-0.15, -0.1) is 0 Å². The third kappa shape index (κ3) is 1.43.